The van der Waals surface area contributed by atoms with E-state index in [0.29, 0.717) is 11.4 Å². The summed E-state index contributed by atoms with van der Waals surface area (Å²) in [5.41, 5.74) is 1.24. The van der Waals surface area contributed by atoms with Crippen molar-refractivity contribution in [2.24, 2.45) is 14.1 Å². The quantitative estimate of drug-likeness (QED) is 0.310. The molecule has 0 bridgehead atoms. The van der Waals surface area contributed by atoms with Gasteiger partial charge < -0.3 is 18.6 Å². The van der Waals surface area contributed by atoms with Crippen molar-refractivity contribution in [2.75, 3.05) is 5.75 Å². The van der Waals surface area contributed by atoms with E-state index >= 15 is 0 Å². The Hall–Kier alpha value is -4.12. The highest BCUT2D eigenvalue weighted by atomic mass is 32.2. The van der Waals surface area contributed by atoms with Crippen LogP contribution in [0.5, 0.6) is 11.5 Å². The highest BCUT2D eigenvalue weighted by molar-refractivity contribution is 7.91. The van der Waals surface area contributed by atoms with Gasteiger partial charge in [0.05, 0.1) is 28.3 Å². The Bertz CT molecular complexity index is 1850. The van der Waals surface area contributed by atoms with Crippen LogP contribution in [0.3, 0.4) is 0 Å². The predicted octanol–water partition coefficient (Wildman–Crippen LogP) is 4.95. The Morgan fingerprint density at radius 2 is 1.55 bits per heavy atom. The summed E-state index contributed by atoms with van der Waals surface area (Å²) in [6.45, 7) is 1.48. The summed E-state index contributed by atoms with van der Waals surface area (Å²) < 4.78 is 92.8. The van der Waals surface area contributed by atoms with Crippen molar-refractivity contribution in [3.63, 3.8) is 0 Å². The summed E-state index contributed by atoms with van der Waals surface area (Å²) in [4.78, 5) is 9.04. The van der Waals surface area contributed by atoms with Gasteiger partial charge in [0.15, 0.2) is 32.2 Å². The first-order chi connectivity index (χ1) is 18.7. The van der Waals surface area contributed by atoms with Crippen LogP contribution in [0.25, 0.3) is 33.9 Å². The molecule has 0 atom stereocenters. The summed E-state index contributed by atoms with van der Waals surface area (Å²) in [6.07, 6.45) is -8.24. The molecule has 4 aromatic rings. The van der Waals surface area contributed by atoms with Crippen LogP contribution < -0.4 is 9.47 Å². The van der Waals surface area contributed by atoms with Gasteiger partial charge in [-0.3, -0.25) is 0 Å². The smallest absolute Gasteiger partial charge is 0.421 e. The lowest BCUT2D eigenvalue weighted by atomic mass is 9.96. The van der Waals surface area contributed by atoms with Gasteiger partial charge in [0, 0.05) is 31.8 Å². The molecule has 2 aliphatic rings. The molecule has 0 radical (unpaired) electrons. The third-order valence-electron chi connectivity index (χ3n) is 7.35. The topological polar surface area (TPSA) is 112 Å². The second-order valence-corrected chi connectivity index (χ2v) is 12.0. The molecule has 1 aliphatic carbocycles. The van der Waals surface area contributed by atoms with Crippen molar-refractivity contribution in [3.05, 3.63) is 42.0 Å². The first-order valence-electron chi connectivity index (χ1n) is 12.2. The first-order valence-corrected chi connectivity index (χ1v) is 13.8. The van der Waals surface area contributed by atoms with Crippen LogP contribution in [0, 0.1) is 11.3 Å². The lowest BCUT2D eigenvalue weighted by Crippen LogP contribution is -2.52. The molecule has 0 spiro atoms. The number of hydrogen-bond acceptors (Lipinski definition) is 7. The average molecular weight is 576 g/mol. The van der Waals surface area contributed by atoms with Crippen molar-refractivity contribution in [2.45, 2.75) is 42.4 Å². The van der Waals surface area contributed by atoms with Gasteiger partial charge in [0.25, 0.3) is 0 Å². The number of nitriles is 1. The van der Waals surface area contributed by atoms with Crippen LogP contribution in [0.15, 0.2) is 41.4 Å². The van der Waals surface area contributed by atoms with Crippen LogP contribution in [-0.2, 0) is 29.3 Å². The maximum Gasteiger partial charge on any atom is 0.507 e. The molecule has 208 valence electrons. The number of imidazole rings is 2. The second kappa shape index (κ2) is 8.20. The van der Waals surface area contributed by atoms with Crippen LogP contribution in [-0.4, -0.2) is 45.5 Å². The van der Waals surface area contributed by atoms with Gasteiger partial charge in [0.2, 0.25) is 0 Å². The standard InChI is InChI=1S/C26H21F4N5O4S/c1-4-40(36,37)23-20(33-21(35(23)3)14-5-7-15(8-6-14)24(13-31)9-10-24)22-32-16-11-18-19(12-17(16)34(22)2)39-26(29,30)25(27,28)38-18/h5-8,11-12H,4,9-10H2,1-3H3. The number of alkyl halides is 4. The average Bonchev–Trinajstić information content (AvgIpc) is 3.54. The van der Waals surface area contributed by atoms with Gasteiger partial charge in [-0.2, -0.15) is 22.8 Å². The van der Waals surface area contributed by atoms with Gasteiger partial charge in [0.1, 0.15) is 11.5 Å². The van der Waals surface area contributed by atoms with E-state index in [0.717, 1.165) is 30.5 Å². The monoisotopic (exact) mass is 575 g/mol. The highest BCUT2D eigenvalue weighted by Crippen LogP contribution is 2.49. The lowest BCUT2D eigenvalue weighted by Gasteiger charge is -2.31. The minimum atomic E-state index is -4.90. The molecule has 1 fully saturated rings. The molecule has 6 rings (SSSR count). The Kier molecular flexibility index (Phi) is 5.35. The predicted molar refractivity (Wildman–Crippen MR) is 134 cm³/mol. The van der Waals surface area contributed by atoms with E-state index in [-0.39, 0.29) is 33.3 Å². The Morgan fingerprint density at radius 1 is 0.950 bits per heavy atom. The molecule has 0 unspecified atom stereocenters. The lowest BCUT2D eigenvalue weighted by molar-refractivity contribution is -0.391. The molecular formula is C26H21F4N5O4S. The largest absolute Gasteiger partial charge is 0.507 e. The fourth-order valence-electron chi connectivity index (χ4n) is 4.87. The maximum atomic E-state index is 13.8. The van der Waals surface area contributed by atoms with Gasteiger partial charge in [-0.05, 0) is 18.4 Å². The van der Waals surface area contributed by atoms with Crippen molar-refractivity contribution in [3.8, 4) is 40.5 Å². The van der Waals surface area contributed by atoms with Gasteiger partial charge in [-0.1, -0.05) is 31.2 Å². The Labute approximate surface area is 225 Å². The molecule has 0 N–H and O–H groups in total. The van der Waals surface area contributed by atoms with E-state index < -0.39 is 39.0 Å². The Morgan fingerprint density at radius 3 is 2.10 bits per heavy atom. The van der Waals surface area contributed by atoms with Crippen molar-refractivity contribution < 1.29 is 35.5 Å². The second-order valence-electron chi connectivity index (χ2n) is 9.84. The number of benzene rings is 2. The highest BCUT2D eigenvalue weighted by Gasteiger charge is 2.66. The van der Waals surface area contributed by atoms with E-state index in [1.807, 2.05) is 12.1 Å². The number of sulfone groups is 1. The molecular weight excluding hydrogens is 554 g/mol. The number of nitrogens with zero attached hydrogens (tertiary/aromatic N) is 5. The van der Waals surface area contributed by atoms with Crippen LogP contribution >= 0.6 is 0 Å². The molecule has 14 heteroatoms. The molecule has 9 nitrogen and oxygen atoms in total. The molecule has 2 aromatic carbocycles. The third-order valence-corrected chi connectivity index (χ3v) is 9.17. The number of aryl methyl sites for hydroxylation is 1. The van der Waals surface area contributed by atoms with Crippen molar-refractivity contribution in [1.82, 2.24) is 19.1 Å². The number of rotatable bonds is 5. The molecule has 1 saturated carbocycles. The first kappa shape index (κ1) is 26.1. The molecule has 3 heterocycles. The fraction of sp³-hybridized carbons (Fsp3) is 0.346. The van der Waals surface area contributed by atoms with Crippen LogP contribution in [0.1, 0.15) is 25.3 Å². The van der Waals surface area contributed by atoms with Crippen molar-refractivity contribution in [1.29, 1.82) is 5.26 Å². The number of hydrogen-bond donors (Lipinski definition) is 0. The van der Waals surface area contributed by atoms with Gasteiger partial charge in [-0.25, -0.2) is 18.4 Å². The summed E-state index contributed by atoms with van der Waals surface area (Å²) in [5.74, 6) is -1.13. The van der Waals surface area contributed by atoms with Crippen LogP contribution in [0.4, 0.5) is 17.6 Å². The summed E-state index contributed by atoms with van der Waals surface area (Å²) in [7, 11) is -0.806. The minimum Gasteiger partial charge on any atom is -0.421 e. The molecule has 40 heavy (non-hydrogen) atoms. The summed E-state index contributed by atoms with van der Waals surface area (Å²) in [5, 5.41) is 9.37. The third kappa shape index (κ3) is 3.67. The molecule has 2 aromatic heterocycles. The zero-order chi connectivity index (χ0) is 28.8. The Balaban J connectivity index is 1.51. The van der Waals surface area contributed by atoms with E-state index in [2.05, 4.69) is 25.5 Å². The van der Waals surface area contributed by atoms with Crippen molar-refractivity contribution >= 4 is 20.9 Å². The normalized spacial score (nSPS) is 18.4. The van der Waals surface area contributed by atoms with E-state index in [1.165, 1.54) is 23.1 Å². The van der Waals surface area contributed by atoms with E-state index in [4.69, 9.17) is 0 Å². The van der Waals surface area contributed by atoms with E-state index in [1.54, 1.807) is 19.2 Å². The number of fused-ring (bicyclic) bond motifs is 2. The number of aromatic nitrogens is 4. The minimum absolute atomic E-state index is 0.00622. The number of ether oxygens (including phenoxy) is 2. The zero-order valence-electron chi connectivity index (χ0n) is 21.4. The summed E-state index contributed by atoms with van der Waals surface area (Å²) >= 11 is 0. The van der Waals surface area contributed by atoms with Crippen LogP contribution in [0.2, 0.25) is 0 Å². The molecule has 1 aliphatic heterocycles. The zero-order valence-corrected chi connectivity index (χ0v) is 22.2. The molecule has 0 amide bonds. The number of halogens is 4. The maximum absolute atomic E-state index is 13.8. The summed E-state index contributed by atoms with van der Waals surface area (Å²) in [6, 6.07) is 11.6. The van der Waals surface area contributed by atoms with Gasteiger partial charge >= 0.3 is 12.2 Å². The molecule has 0 saturated heterocycles. The van der Waals surface area contributed by atoms with Gasteiger partial charge in [-0.15, -0.1) is 0 Å². The SMILES string of the molecule is CCS(=O)(=O)c1c(-c2nc3cc4c(cc3n2C)OC(F)(F)C(F)(F)O4)nc(-c2ccc(C3(C#N)CC3)cc2)n1C. The fourth-order valence-corrected chi connectivity index (χ4v) is 6.08. The van der Waals surface area contributed by atoms with E-state index in [9.17, 15) is 31.2 Å².